The number of nitrogens with zero attached hydrogens (tertiary/aromatic N) is 1. The Hall–Kier alpha value is 0.0700. The van der Waals surface area contributed by atoms with E-state index in [1.807, 2.05) is 0 Å². The second-order valence-electron chi connectivity index (χ2n) is 2.02. The van der Waals surface area contributed by atoms with E-state index in [-0.39, 0.29) is 6.04 Å². The summed E-state index contributed by atoms with van der Waals surface area (Å²) in [6.45, 7) is 2.06. The Morgan fingerprint density at radius 1 is 1.90 bits per heavy atom. The van der Waals surface area contributed by atoms with Gasteiger partial charge in [-0.3, -0.25) is 0 Å². The van der Waals surface area contributed by atoms with Gasteiger partial charge in [0.05, 0.1) is 16.0 Å². The Kier molecular flexibility index (Phi) is 2.82. The minimum Gasteiger partial charge on any atom is -0.322 e. The van der Waals surface area contributed by atoms with E-state index in [2.05, 4.69) is 27.8 Å². The average molecular weight is 221 g/mol. The first-order chi connectivity index (χ1) is 4.74. The number of hydrogen-bond acceptors (Lipinski definition) is 3. The molecule has 1 aromatic rings. The van der Waals surface area contributed by atoms with Crippen LogP contribution in [0.2, 0.25) is 0 Å². The molecule has 1 unspecified atom stereocenters. The third-order valence-electron chi connectivity index (χ3n) is 1.25. The lowest BCUT2D eigenvalue weighted by Crippen LogP contribution is -2.07. The van der Waals surface area contributed by atoms with E-state index in [1.54, 1.807) is 17.5 Å². The van der Waals surface area contributed by atoms with Crippen LogP contribution in [0.4, 0.5) is 0 Å². The molecule has 2 N–H and O–H groups in total. The quantitative estimate of drug-likeness (QED) is 0.832. The topological polar surface area (TPSA) is 38.9 Å². The number of hydrogen-bond donors (Lipinski definition) is 1. The van der Waals surface area contributed by atoms with Gasteiger partial charge >= 0.3 is 0 Å². The van der Waals surface area contributed by atoms with Gasteiger partial charge in [0, 0.05) is 0 Å². The van der Waals surface area contributed by atoms with Gasteiger partial charge in [-0.05, 0) is 22.4 Å². The van der Waals surface area contributed by atoms with Crippen molar-refractivity contribution in [3.63, 3.8) is 0 Å². The Labute approximate surface area is 72.6 Å². The first-order valence-electron chi connectivity index (χ1n) is 3.11. The van der Waals surface area contributed by atoms with Gasteiger partial charge in [0.2, 0.25) is 0 Å². The van der Waals surface area contributed by atoms with Crippen LogP contribution in [0.3, 0.4) is 0 Å². The van der Waals surface area contributed by atoms with E-state index >= 15 is 0 Å². The Morgan fingerprint density at radius 2 is 2.60 bits per heavy atom. The van der Waals surface area contributed by atoms with Gasteiger partial charge in [0.15, 0.2) is 0 Å². The Bertz CT molecular complexity index is 211. The van der Waals surface area contributed by atoms with Crippen molar-refractivity contribution >= 4 is 27.3 Å². The van der Waals surface area contributed by atoms with Crippen molar-refractivity contribution in [2.45, 2.75) is 19.4 Å². The second kappa shape index (κ2) is 3.46. The van der Waals surface area contributed by atoms with Crippen molar-refractivity contribution in [3.05, 3.63) is 15.0 Å². The molecule has 1 rings (SSSR count). The number of halogens is 1. The standard InChI is InChI=1S/C6H9BrN2S/c1-2-4(8)6-9-3-5(7)10-6/h3-4H,2,8H2,1H3. The molecule has 10 heavy (non-hydrogen) atoms. The minimum absolute atomic E-state index is 0.108. The lowest BCUT2D eigenvalue weighted by atomic mass is 10.3. The van der Waals surface area contributed by atoms with Crippen molar-refractivity contribution in [1.82, 2.24) is 4.98 Å². The van der Waals surface area contributed by atoms with E-state index in [4.69, 9.17) is 5.73 Å². The zero-order chi connectivity index (χ0) is 7.56. The normalized spacial score (nSPS) is 13.5. The highest BCUT2D eigenvalue weighted by Gasteiger charge is 2.06. The van der Waals surface area contributed by atoms with E-state index < -0.39 is 0 Å². The highest BCUT2D eigenvalue weighted by Crippen LogP contribution is 2.24. The fourth-order valence-electron chi connectivity index (χ4n) is 0.613. The monoisotopic (exact) mass is 220 g/mol. The zero-order valence-electron chi connectivity index (χ0n) is 5.67. The fourth-order valence-corrected chi connectivity index (χ4v) is 1.94. The van der Waals surface area contributed by atoms with E-state index in [0.29, 0.717) is 0 Å². The first-order valence-corrected chi connectivity index (χ1v) is 4.71. The van der Waals surface area contributed by atoms with Gasteiger partial charge in [-0.1, -0.05) is 6.92 Å². The summed E-state index contributed by atoms with van der Waals surface area (Å²) < 4.78 is 1.05. The van der Waals surface area contributed by atoms with Gasteiger partial charge < -0.3 is 5.73 Å². The molecule has 0 radical (unpaired) electrons. The highest BCUT2D eigenvalue weighted by atomic mass is 79.9. The molecule has 1 heterocycles. The summed E-state index contributed by atoms with van der Waals surface area (Å²) in [6, 6.07) is 0.108. The molecule has 4 heteroatoms. The molecule has 0 saturated carbocycles. The molecule has 0 bridgehead atoms. The van der Waals surface area contributed by atoms with E-state index in [1.165, 1.54) is 0 Å². The molecule has 0 aromatic carbocycles. The smallest absolute Gasteiger partial charge is 0.110 e. The van der Waals surface area contributed by atoms with Crippen LogP contribution in [-0.2, 0) is 0 Å². The molecule has 0 aliphatic heterocycles. The van der Waals surface area contributed by atoms with Crippen molar-refractivity contribution in [2.24, 2.45) is 5.73 Å². The summed E-state index contributed by atoms with van der Waals surface area (Å²) in [5.74, 6) is 0. The summed E-state index contributed by atoms with van der Waals surface area (Å²) in [6.07, 6.45) is 2.73. The summed E-state index contributed by atoms with van der Waals surface area (Å²) >= 11 is 4.93. The van der Waals surface area contributed by atoms with Gasteiger partial charge in [0.1, 0.15) is 5.01 Å². The molecule has 0 amide bonds. The molecular formula is C6H9BrN2S. The van der Waals surface area contributed by atoms with Gasteiger partial charge in [-0.2, -0.15) is 0 Å². The lowest BCUT2D eigenvalue weighted by molar-refractivity contribution is 0.692. The molecular weight excluding hydrogens is 212 g/mol. The summed E-state index contributed by atoms with van der Waals surface area (Å²) in [7, 11) is 0. The lowest BCUT2D eigenvalue weighted by Gasteiger charge is -2.01. The van der Waals surface area contributed by atoms with E-state index in [9.17, 15) is 0 Å². The van der Waals surface area contributed by atoms with Crippen LogP contribution < -0.4 is 5.73 Å². The molecule has 0 saturated heterocycles. The third-order valence-corrected chi connectivity index (χ3v) is 2.86. The van der Waals surface area contributed by atoms with Crippen LogP contribution in [0, 0.1) is 0 Å². The average Bonchev–Trinajstić information content (AvgIpc) is 2.34. The maximum absolute atomic E-state index is 5.73. The van der Waals surface area contributed by atoms with Crippen LogP contribution in [0.5, 0.6) is 0 Å². The molecule has 1 atom stereocenters. The summed E-state index contributed by atoms with van der Waals surface area (Å²) in [4.78, 5) is 4.13. The number of aromatic nitrogens is 1. The predicted octanol–water partition coefficient (Wildman–Crippen LogP) is 2.32. The Balaban J connectivity index is 2.74. The number of rotatable bonds is 2. The van der Waals surface area contributed by atoms with Gasteiger partial charge in [0.25, 0.3) is 0 Å². The predicted molar refractivity (Wildman–Crippen MR) is 47.0 cm³/mol. The first kappa shape index (κ1) is 8.17. The van der Waals surface area contributed by atoms with Gasteiger partial charge in [-0.15, -0.1) is 11.3 Å². The summed E-state index contributed by atoms with van der Waals surface area (Å²) in [5, 5.41) is 1.01. The zero-order valence-corrected chi connectivity index (χ0v) is 8.08. The van der Waals surface area contributed by atoms with Crippen LogP contribution in [0.25, 0.3) is 0 Å². The molecule has 56 valence electrons. The highest BCUT2D eigenvalue weighted by molar-refractivity contribution is 9.11. The van der Waals surface area contributed by atoms with Crippen molar-refractivity contribution in [3.8, 4) is 0 Å². The van der Waals surface area contributed by atoms with Crippen LogP contribution in [0.15, 0.2) is 9.98 Å². The van der Waals surface area contributed by atoms with Crippen molar-refractivity contribution < 1.29 is 0 Å². The summed E-state index contributed by atoms with van der Waals surface area (Å²) in [5.41, 5.74) is 5.73. The minimum atomic E-state index is 0.108. The largest absolute Gasteiger partial charge is 0.322 e. The van der Waals surface area contributed by atoms with E-state index in [0.717, 1.165) is 15.2 Å². The molecule has 2 nitrogen and oxygen atoms in total. The Morgan fingerprint density at radius 3 is 3.00 bits per heavy atom. The maximum atomic E-state index is 5.73. The van der Waals surface area contributed by atoms with Crippen molar-refractivity contribution in [2.75, 3.05) is 0 Å². The fraction of sp³-hybridized carbons (Fsp3) is 0.500. The molecule has 0 spiro atoms. The molecule has 0 fully saturated rings. The number of nitrogens with two attached hydrogens (primary N) is 1. The number of thiazole rings is 1. The van der Waals surface area contributed by atoms with Crippen LogP contribution >= 0.6 is 27.3 Å². The van der Waals surface area contributed by atoms with Crippen LogP contribution in [-0.4, -0.2) is 4.98 Å². The molecule has 0 aliphatic rings. The SMILES string of the molecule is CCC(N)c1ncc(Br)s1. The van der Waals surface area contributed by atoms with Crippen LogP contribution in [0.1, 0.15) is 24.4 Å². The molecule has 1 aromatic heterocycles. The second-order valence-corrected chi connectivity index (χ2v) is 4.46. The molecule has 0 aliphatic carbocycles. The van der Waals surface area contributed by atoms with Crippen molar-refractivity contribution in [1.29, 1.82) is 0 Å². The maximum Gasteiger partial charge on any atom is 0.110 e. The van der Waals surface area contributed by atoms with Gasteiger partial charge in [-0.25, -0.2) is 4.98 Å². The third kappa shape index (κ3) is 1.78.